The molecule has 6 nitrogen and oxygen atoms in total. The molecule has 0 unspecified atom stereocenters. The van der Waals surface area contributed by atoms with Gasteiger partial charge in [-0.1, -0.05) is 54.6 Å². The standard InChI is InChI=1S/C25H23NO5/c1-17(24(28)26-16-19-6-4-3-5-7-19)30-25(29)22-10-8-20(9-11-22)21-12-14-23(15-13-21)31-18(2)27/h3-15,17H,16H2,1-2H3,(H,26,28)/t17-/m0/s1. The van der Waals surface area contributed by atoms with Crippen molar-refractivity contribution < 1.29 is 23.9 Å². The summed E-state index contributed by atoms with van der Waals surface area (Å²) in [6.45, 7) is 3.25. The van der Waals surface area contributed by atoms with E-state index in [4.69, 9.17) is 9.47 Å². The number of hydrogen-bond acceptors (Lipinski definition) is 5. The molecule has 0 aliphatic heterocycles. The van der Waals surface area contributed by atoms with Crippen molar-refractivity contribution in [2.75, 3.05) is 0 Å². The van der Waals surface area contributed by atoms with Gasteiger partial charge in [0.25, 0.3) is 5.91 Å². The second-order valence-corrected chi connectivity index (χ2v) is 6.95. The highest BCUT2D eigenvalue weighted by molar-refractivity contribution is 5.92. The first kappa shape index (κ1) is 21.8. The first-order valence-corrected chi connectivity index (χ1v) is 9.84. The molecule has 6 heteroatoms. The predicted octanol–water partition coefficient (Wildman–Crippen LogP) is 4.14. The topological polar surface area (TPSA) is 81.7 Å². The molecule has 158 valence electrons. The number of hydrogen-bond donors (Lipinski definition) is 1. The third kappa shape index (κ3) is 6.27. The van der Waals surface area contributed by atoms with E-state index >= 15 is 0 Å². The van der Waals surface area contributed by atoms with E-state index in [-0.39, 0.29) is 11.9 Å². The first-order valence-electron chi connectivity index (χ1n) is 9.84. The molecule has 0 radical (unpaired) electrons. The van der Waals surface area contributed by atoms with Crippen molar-refractivity contribution in [2.45, 2.75) is 26.5 Å². The fraction of sp³-hybridized carbons (Fsp3) is 0.160. The molecule has 3 aromatic rings. The lowest BCUT2D eigenvalue weighted by Crippen LogP contribution is -2.35. The number of benzene rings is 3. The smallest absolute Gasteiger partial charge is 0.338 e. The van der Waals surface area contributed by atoms with Crippen molar-refractivity contribution in [3.63, 3.8) is 0 Å². The Hall–Kier alpha value is -3.93. The summed E-state index contributed by atoms with van der Waals surface area (Å²) in [5.74, 6) is -0.838. The van der Waals surface area contributed by atoms with E-state index in [1.54, 1.807) is 36.4 Å². The van der Waals surface area contributed by atoms with E-state index in [9.17, 15) is 14.4 Å². The van der Waals surface area contributed by atoms with Gasteiger partial charge in [-0.25, -0.2) is 4.79 Å². The van der Waals surface area contributed by atoms with Crippen molar-refractivity contribution in [2.24, 2.45) is 0 Å². The van der Waals surface area contributed by atoms with Crippen LogP contribution < -0.4 is 10.1 Å². The number of ether oxygens (including phenoxy) is 2. The summed E-state index contributed by atoms with van der Waals surface area (Å²) in [6, 6.07) is 23.4. The number of esters is 2. The average molecular weight is 417 g/mol. The average Bonchev–Trinajstić information content (AvgIpc) is 2.78. The molecule has 1 amide bonds. The third-order valence-corrected chi connectivity index (χ3v) is 4.53. The van der Waals surface area contributed by atoms with Crippen molar-refractivity contribution in [3.05, 3.63) is 90.0 Å². The SMILES string of the molecule is CC(=O)Oc1ccc(-c2ccc(C(=O)O[C@@H](C)C(=O)NCc3ccccc3)cc2)cc1. The summed E-state index contributed by atoms with van der Waals surface area (Å²) in [6.07, 6.45) is -0.912. The van der Waals surface area contributed by atoms with Gasteiger partial charge < -0.3 is 14.8 Å². The number of nitrogens with one attached hydrogen (secondary N) is 1. The largest absolute Gasteiger partial charge is 0.449 e. The Bertz CT molecular complexity index is 1040. The predicted molar refractivity (Wildman–Crippen MR) is 116 cm³/mol. The summed E-state index contributed by atoms with van der Waals surface area (Å²) in [7, 11) is 0. The normalized spacial score (nSPS) is 11.3. The second-order valence-electron chi connectivity index (χ2n) is 6.95. The van der Waals surface area contributed by atoms with E-state index < -0.39 is 12.1 Å². The Labute approximate surface area is 180 Å². The van der Waals surface area contributed by atoms with E-state index in [1.807, 2.05) is 42.5 Å². The van der Waals surface area contributed by atoms with Gasteiger partial charge in [0.2, 0.25) is 0 Å². The fourth-order valence-corrected chi connectivity index (χ4v) is 2.89. The summed E-state index contributed by atoms with van der Waals surface area (Å²) < 4.78 is 10.3. The van der Waals surface area contributed by atoms with Crippen LogP contribution in [0.4, 0.5) is 0 Å². The molecule has 0 aliphatic rings. The highest BCUT2D eigenvalue weighted by Gasteiger charge is 2.18. The molecule has 0 aliphatic carbocycles. The Morgan fingerprint density at radius 1 is 0.839 bits per heavy atom. The molecule has 3 aromatic carbocycles. The van der Waals surface area contributed by atoms with Gasteiger partial charge in [-0.3, -0.25) is 9.59 Å². The van der Waals surface area contributed by atoms with Gasteiger partial charge in [-0.15, -0.1) is 0 Å². The van der Waals surface area contributed by atoms with Gasteiger partial charge in [-0.2, -0.15) is 0 Å². The van der Waals surface area contributed by atoms with Gasteiger partial charge in [-0.05, 0) is 47.9 Å². The monoisotopic (exact) mass is 417 g/mol. The highest BCUT2D eigenvalue weighted by atomic mass is 16.5. The molecule has 0 fully saturated rings. The van der Waals surface area contributed by atoms with Crippen LogP contribution in [0.1, 0.15) is 29.8 Å². The van der Waals surface area contributed by atoms with Crippen LogP contribution in [0.15, 0.2) is 78.9 Å². The molecule has 0 bridgehead atoms. The van der Waals surface area contributed by atoms with Crippen LogP contribution in [0.3, 0.4) is 0 Å². The zero-order chi connectivity index (χ0) is 22.2. The second kappa shape index (κ2) is 10.2. The van der Waals surface area contributed by atoms with Crippen LogP contribution >= 0.6 is 0 Å². The molecule has 0 saturated carbocycles. The molecular formula is C25H23NO5. The highest BCUT2D eigenvalue weighted by Crippen LogP contribution is 2.23. The van der Waals surface area contributed by atoms with Crippen molar-refractivity contribution in [1.29, 1.82) is 0 Å². The number of amides is 1. The minimum absolute atomic E-state index is 0.350. The van der Waals surface area contributed by atoms with Crippen LogP contribution in [-0.4, -0.2) is 23.9 Å². The summed E-state index contributed by atoms with van der Waals surface area (Å²) in [5.41, 5.74) is 3.11. The number of carbonyl (C=O) groups excluding carboxylic acids is 3. The maximum absolute atomic E-state index is 12.4. The van der Waals surface area contributed by atoms with Crippen molar-refractivity contribution in [1.82, 2.24) is 5.32 Å². The summed E-state index contributed by atoms with van der Waals surface area (Å²) in [4.78, 5) is 35.6. The molecule has 31 heavy (non-hydrogen) atoms. The molecule has 1 atom stereocenters. The number of carbonyl (C=O) groups is 3. The zero-order valence-corrected chi connectivity index (χ0v) is 17.3. The molecule has 0 aromatic heterocycles. The van der Waals surface area contributed by atoms with Gasteiger partial charge in [0.1, 0.15) is 5.75 Å². The van der Waals surface area contributed by atoms with E-state index in [1.165, 1.54) is 13.8 Å². The Kier molecular flexibility index (Phi) is 7.17. The molecule has 3 rings (SSSR count). The Balaban J connectivity index is 1.55. The minimum atomic E-state index is -0.912. The fourth-order valence-electron chi connectivity index (χ4n) is 2.89. The lowest BCUT2D eigenvalue weighted by Gasteiger charge is -2.14. The Morgan fingerprint density at radius 3 is 2.00 bits per heavy atom. The first-order chi connectivity index (χ1) is 14.9. The van der Waals surface area contributed by atoms with Crippen molar-refractivity contribution in [3.8, 4) is 16.9 Å². The van der Waals surface area contributed by atoms with Crippen LogP contribution in [0.5, 0.6) is 5.75 Å². The van der Waals surface area contributed by atoms with Gasteiger partial charge >= 0.3 is 11.9 Å². The van der Waals surface area contributed by atoms with E-state index in [0.717, 1.165) is 16.7 Å². The van der Waals surface area contributed by atoms with Crippen LogP contribution in [0.2, 0.25) is 0 Å². The van der Waals surface area contributed by atoms with Gasteiger partial charge in [0.05, 0.1) is 5.56 Å². The number of rotatable bonds is 7. The summed E-state index contributed by atoms with van der Waals surface area (Å²) in [5, 5.41) is 2.75. The maximum atomic E-state index is 12.4. The van der Waals surface area contributed by atoms with Crippen LogP contribution in [0, 0.1) is 0 Å². The lowest BCUT2D eigenvalue weighted by molar-refractivity contribution is -0.132. The van der Waals surface area contributed by atoms with Crippen LogP contribution in [-0.2, 0) is 20.9 Å². The zero-order valence-electron chi connectivity index (χ0n) is 17.3. The third-order valence-electron chi connectivity index (χ3n) is 4.53. The van der Waals surface area contributed by atoms with E-state index in [2.05, 4.69) is 5.32 Å². The molecule has 0 heterocycles. The molecular weight excluding hydrogens is 394 g/mol. The van der Waals surface area contributed by atoms with Gasteiger partial charge in [0, 0.05) is 13.5 Å². The molecule has 1 N–H and O–H groups in total. The Morgan fingerprint density at radius 2 is 1.42 bits per heavy atom. The van der Waals surface area contributed by atoms with Crippen molar-refractivity contribution >= 4 is 17.8 Å². The van der Waals surface area contributed by atoms with Crippen LogP contribution in [0.25, 0.3) is 11.1 Å². The lowest BCUT2D eigenvalue weighted by atomic mass is 10.0. The quantitative estimate of drug-likeness (QED) is 0.462. The minimum Gasteiger partial charge on any atom is -0.449 e. The summed E-state index contributed by atoms with van der Waals surface area (Å²) >= 11 is 0. The molecule has 0 saturated heterocycles. The molecule has 0 spiro atoms. The van der Waals surface area contributed by atoms with Gasteiger partial charge in [0.15, 0.2) is 6.10 Å². The van der Waals surface area contributed by atoms with E-state index in [0.29, 0.717) is 17.9 Å². The maximum Gasteiger partial charge on any atom is 0.338 e.